The third kappa shape index (κ3) is 12.1. The lowest BCUT2D eigenvalue weighted by Gasteiger charge is -2.29. The zero-order chi connectivity index (χ0) is 45.2. The summed E-state index contributed by atoms with van der Waals surface area (Å²) in [6, 6.07) is 47.0. The molecular weight excluding hydrogens is 741 g/mol. The first-order chi connectivity index (χ1) is 30.0. The van der Waals surface area contributed by atoms with Gasteiger partial charge in [-0.1, -0.05) is 215 Å². The Labute approximate surface area is 368 Å². The second kappa shape index (κ2) is 27.4. The summed E-state index contributed by atoms with van der Waals surface area (Å²) in [5.74, 6) is 0. The molecule has 0 radical (unpaired) electrons. The number of benzene rings is 6. The monoisotopic (exact) mass is 811 g/mol. The van der Waals surface area contributed by atoms with Gasteiger partial charge in [0.05, 0.1) is 5.70 Å². The van der Waals surface area contributed by atoms with E-state index in [1.165, 1.54) is 5.39 Å². The summed E-state index contributed by atoms with van der Waals surface area (Å²) in [6.45, 7) is 34.8. The highest BCUT2D eigenvalue weighted by Gasteiger charge is 2.37. The number of fused-ring (bicyclic) bond motifs is 5. The van der Waals surface area contributed by atoms with Gasteiger partial charge >= 0.3 is 0 Å². The van der Waals surface area contributed by atoms with E-state index in [0.29, 0.717) is 0 Å². The summed E-state index contributed by atoms with van der Waals surface area (Å²) in [5.41, 5.74) is 17.1. The summed E-state index contributed by atoms with van der Waals surface area (Å²) < 4.78 is 6.47. The molecular formula is C58H70N2O. The van der Waals surface area contributed by atoms with Gasteiger partial charge in [-0.3, -0.25) is 0 Å². The molecule has 2 N–H and O–H groups in total. The SMILES string of the molecule is C=C/C=C(\C=C)C1(c2ccccc2)C=C(c2cccc(-c3cccc(-c4cccc5oc6c7ccccc7ccc6c45)c3)c2)NN1.C=CC.C=CCC.CC.CC.CC.CC. The molecule has 0 amide bonds. The highest BCUT2D eigenvalue weighted by atomic mass is 16.3. The van der Waals surface area contributed by atoms with Gasteiger partial charge in [-0.25, -0.2) is 5.43 Å². The molecule has 1 aliphatic heterocycles. The van der Waals surface area contributed by atoms with Gasteiger partial charge in [-0.05, 0) is 88.0 Å². The number of hydrazine groups is 1. The molecule has 0 saturated heterocycles. The molecule has 2 heterocycles. The van der Waals surface area contributed by atoms with Crippen LogP contribution in [-0.4, -0.2) is 0 Å². The Balaban J connectivity index is 0.000000762. The molecule has 0 spiro atoms. The minimum atomic E-state index is -0.584. The van der Waals surface area contributed by atoms with Crippen molar-refractivity contribution in [3.8, 4) is 22.3 Å². The molecule has 0 aliphatic carbocycles. The van der Waals surface area contributed by atoms with Gasteiger partial charge in [-0.2, -0.15) is 0 Å². The predicted octanol–water partition coefficient (Wildman–Crippen LogP) is 17.6. The molecule has 61 heavy (non-hydrogen) atoms. The van der Waals surface area contributed by atoms with E-state index in [0.717, 1.165) is 78.4 Å². The Morgan fingerprint density at radius 2 is 1.18 bits per heavy atom. The molecule has 318 valence electrons. The predicted molar refractivity (Wildman–Crippen MR) is 275 cm³/mol. The fraction of sp³-hybridized carbons (Fsp3) is 0.207. The van der Waals surface area contributed by atoms with Crippen molar-refractivity contribution in [3.05, 3.63) is 213 Å². The molecule has 3 nitrogen and oxygen atoms in total. The summed E-state index contributed by atoms with van der Waals surface area (Å²) in [5, 5.41) is 4.59. The van der Waals surface area contributed by atoms with Crippen LogP contribution in [0.1, 0.15) is 86.8 Å². The Kier molecular flexibility index (Phi) is 22.8. The van der Waals surface area contributed by atoms with Crippen molar-refractivity contribution >= 4 is 38.4 Å². The average Bonchev–Trinajstić information content (AvgIpc) is 3.98. The van der Waals surface area contributed by atoms with Crippen molar-refractivity contribution in [3.63, 3.8) is 0 Å². The highest BCUT2D eigenvalue weighted by Crippen LogP contribution is 2.41. The van der Waals surface area contributed by atoms with E-state index < -0.39 is 5.54 Å². The van der Waals surface area contributed by atoms with E-state index >= 15 is 0 Å². The maximum absolute atomic E-state index is 6.47. The molecule has 1 aliphatic rings. The van der Waals surface area contributed by atoms with Crippen molar-refractivity contribution in [2.45, 2.75) is 81.2 Å². The van der Waals surface area contributed by atoms with E-state index in [-0.39, 0.29) is 0 Å². The highest BCUT2D eigenvalue weighted by molar-refractivity contribution is 6.19. The molecule has 3 heteroatoms. The summed E-state index contributed by atoms with van der Waals surface area (Å²) in [4.78, 5) is 0. The third-order valence-electron chi connectivity index (χ3n) is 9.31. The van der Waals surface area contributed by atoms with Gasteiger partial charge in [0.1, 0.15) is 16.7 Å². The Morgan fingerprint density at radius 1 is 0.623 bits per heavy atom. The maximum Gasteiger partial charge on any atom is 0.143 e. The first kappa shape index (κ1) is 50.7. The molecule has 8 rings (SSSR count). The molecule has 0 fully saturated rings. The minimum absolute atomic E-state index is 0.584. The number of allylic oxidation sites excluding steroid dienone is 4. The van der Waals surface area contributed by atoms with Crippen LogP contribution in [0.15, 0.2) is 206 Å². The van der Waals surface area contributed by atoms with Crippen LogP contribution in [0.25, 0.3) is 60.7 Å². The van der Waals surface area contributed by atoms with Crippen LogP contribution in [0.4, 0.5) is 0 Å². The van der Waals surface area contributed by atoms with Crippen molar-refractivity contribution in [2.24, 2.45) is 0 Å². The number of hydrogen-bond acceptors (Lipinski definition) is 3. The second-order valence-corrected chi connectivity index (χ2v) is 12.8. The Hall–Kier alpha value is -6.42. The second-order valence-electron chi connectivity index (χ2n) is 12.8. The summed E-state index contributed by atoms with van der Waals surface area (Å²) in [6.07, 6.45) is 12.6. The van der Waals surface area contributed by atoms with Crippen LogP contribution in [0.2, 0.25) is 0 Å². The number of hydrogen-bond donors (Lipinski definition) is 2. The number of furan rings is 1. The summed E-state index contributed by atoms with van der Waals surface area (Å²) in [7, 11) is 0. The van der Waals surface area contributed by atoms with E-state index in [2.05, 4.69) is 178 Å². The topological polar surface area (TPSA) is 37.2 Å². The molecule has 7 aromatic rings. The Bertz CT molecular complexity index is 2480. The molecule has 1 unspecified atom stereocenters. The van der Waals surface area contributed by atoms with Crippen molar-refractivity contribution in [1.29, 1.82) is 0 Å². The van der Waals surface area contributed by atoms with Crippen LogP contribution in [0.5, 0.6) is 0 Å². The number of nitrogens with one attached hydrogen (secondary N) is 2. The fourth-order valence-electron chi connectivity index (χ4n) is 6.80. The fourth-order valence-corrected chi connectivity index (χ4v) is 6.80. The standard InChI is InChI=1S/C43H32N2O.C4H8.C3H6.4C2H6/c1-3-13-34(4-2)43(35-19-6-5-7-20-35)28-39(44-45-43)33-18-11-16-31(27-33)30-15-10-17-32(26-30)36-22-12-23-40-41(36)38-25-24-29-14-8-9-21-37(29)42(38)46-40;1-3-4-2;1-3-2;4*1-2/h3-28,44-45H,1-2H2;3H,1,4H2,2H3;3H,1H2,2H3;4*1-2H3/b34-13+;;;;;;. The van der Waals surface area contributed by atoms with E-state index in [4.69, 9.17) is 4.42 Å². The van der Waals surface area contributed by atoms with E-state index in [1.54, 1.807) is 12.2 Å². The lowest BCUT2D eigenvalue weighted by atomic mass is 9.82. The van der Waals surface area contributed by atoms with Crippen molar-refractivity contribution in [1.82, 2.24) is 10.9 Å². The number of rotatable bonds is 8. The quantitative estimate of drug-likeness (QED) is 0.119. The zero-order valence-electron chi connectivity index (χ0n) is 38.6. The van der Waals surface area contributed by atoms with Crippen LogP contribution < -0.4 is 10.9 Å². The lowest BCUT2D eigenvalue weighted by molar-refractivity contribution is 0.489. The lowest BCUT2D eigenvalue weighted by Crippen LogP contribution is -2.43. The van der Waals surface area contributed by atoms with Crippen LogP contribution >= 0.6 is 0 Å². The van der Waals surface area contributed by atoms with E-state index in [9.17, 15) is 0 Å². The summed E-state index contributed by atoms with van der Waals surface area (Å²) >= 11 is 0. The molecule has 0 saturated carbocycles. The first-order valence-electron chi connectivity index (χ1n) is 22.0. The smallest absolute Gasteiger partial charge is 0.143 e. The van der Waals surface area contributed by atoms with Gasteiger partial charge in [-0.15, -0.1) is 13.2 Å². The van der Waals surface area contributed by atoms with Crippen LogP contribution in [0, 0.1) is 0 Å². The Morgan fingerprint density at radius 3 is 1.79 bits per heavy atom. The van der Waals surface area contributed by atoms with Crippen molar-refractivity contribution < 1.29 is 4.42 Å². The van der Waals surface area contributed by atoms with Gasteiger partial charge in [0.15, 0.2) is 0 Å². The normalized spacial score (nSPS) is 13.4. The van der Waals surface area contributed by atoms with E-state index in [1.807, 2.05) is 86.6 Å². The largest absolute Gasteiger partial charge is 0.455 e. The molecule has 1 aromatic heterocycles. The van der Waals surface area contributed by atoms with Crippen molar-refractivity contribution in [2.75, 3.05) is 0 Å². The van der Waals surface area contributed by atoms with Crippen LogP contribution in [0.3, 0.4) is 0 Å². The zero-order valence-corrected chi connectivity index (χ0v) is 38.6. The van der Waals surface area contributed by atoms with Gasteiger partial charge in [0.25, 0.3) is 0 Å². The molecule has 0 bridgehead atoms. The minimum Gasteiger partial charge on any atom is -0.455 e. The average molecular weight is 811 g/mol. The molecule has 6 aromatic carbocycles. The van der Waals surface area contributed by atoms with Gasteiger partial charge in [0, 0.05) is 16.2 Å². The van der Waals surface area contributed by atoms with Crippen LogP contribution in [-0.2, 0) is 5.54 Å². The third-order valence-corrected chi connectivity index (χ3v) is 9.31. The first-order valence-corrected chi connectivity index (χ1v) is 22.0. The van der Waals surface area contributed by atoms with Gasteiger partial charge < -0.3 is 9.84 Å². The molecule has 1 atom stereocenters. The van der Waals surface area contributed by atoms with Gasteiger partial charge in [0.2, 0.25) is 0 Å². The maximum atomic E-state index is 6.47.